The van der Waals surface area contributed by atoms with Crippen molar-refractivity contribution >= 4 is 44.7 Å². The molecule has 0 aliphatic carbocycles. The van der Waals surface area contributed by atoms with E-state index in [4.69, 9.17) is 32.1 Å². The van der Waals surface area contributed by atoms with E-state index in [-0.39, 0.29) is 5.15 Å². The highest BCUT2D eigenvalue weighted by Gasteiger charge is 2.41. The van der Waals surface area contributed by atoms with E-state index in [2.05, 4.69) is 70.3 Å². The first kappa shape index (κ1) is 34.4. The van der Waals surface area contributed by atoms with Crippen LogP contribution in [-0.2, 0) is 18.5 Å². The maximum absolute atomic E-state index is 12.0. The van der Waals surface area contributed by atoms with Gasteiger partial charge in [-0.05, 0) is 74.1 Å². The lowest BCUT2D eigenvalue weighted by Crippen LogP contribution is -2.39. The van der Waals surface area contributed by atoms with Crippen molar-refractivity contribution in [1.82, 2.24) is 39.5 Å². The van der Waals surface area contributed by atoms with E-state index in [1.165, 1.54) is 0 Å². The molecule has 0 aliphatic heterocycles. The Labute approximate surface area is 320 Å². The number of nitrogens with zero attached hydrogens (tertiary/aromatic N) is 8. The fraction of sp³-hybridized carbons (Fsp3) is 0.143. The monoisotopic (exact) mass is 780 g/mol. The van der Waals surface area contributed by atoms with Gasteiger partial charge in [-0.2, -0.15) is 5.10 Å². The van der Waals surface area contributed by atoms with Crippen molar-refractivity contribution in [3.05, 3.63) is 177 Å². The Morgan fingerprint density at radius 2 is 1.42 bits per heavy atom. The molecule has 0 bridgehead atoms. The fourth-order valence-corrected chi connectivity index (χ4v) is 7.87. The van der Waals surface area contributed by atoms with Crippen LogP contribution in [0.1, 0.15) is 58.3 Å². The van der Waals surface area contributed by atoms with Crippen LogP contribution in [0.15, 0.2) is 138 Å². The van der Waals surface area contributed by atoms with E-state index >= 15 is 0 Å². The van der Waals surface area contributed by atoms with Crippen LogP contribution in [0.25, 0.3) is 28.0 Å². The second kappa shape index (κ2) is 14.7. The zero-order valence-corrected chi connectivity index (χ0v) is 31.2. The summed E-state index contributed by atoms with van der Waals surface area (Å²) in [6.45, 7) is 2.58. The number of carbonyl (C=O) groups excluding carboxylic acids is 1. The van der Waals surface area contributed by atoms with Gasteiger partial charge in [-0.3, -0.25) is 4.79 Å². The summed E-state index contributed by atoms with van der Waals surface area (Å²) < 4.78 is 4.54. The summed E-state index contributed by atoms with van der Waals surface area (Å²) in [7, 11) is 0. The Kier molecular flexibility index (Phi) is 9.55. The van der Waals surface area contributed by atoms with Gasteiger partial charge in [0.05, 0.1) is 11.2 Å². The Morgan fingerprint density at radius 3 is 2.04 bits per heavy atom. The molecule has 0 radical (unpaired) electrons. The summed E-state index contributed by atoms with van der Waals surface area (Å²) in [5.41, 5.74) is 5.83. The minimum absolute atomic E-state index is 0.233. The van der Waals surface area contributed by atoms with Crippen molar-refractivity contribution in [2.24, 2.45) is 0 Å². The molecule has 0 atom stereocenters. The van der Waals surface area contributed by atoms with E-state index < -0.39 is 5.54 Å². The number of halogens is 2. The van der Waals surface area contributed by atoms with Crippen molar-refractivity contribution in [3.63, 3.8) is 0 Å². The van der Waals surface area contributed by atoms with Gasteiger partial charge in [0.2, 0.25) is 5.82 Å². The number of hydrogen-bond acceptors (Lipinski definition) is 6. The average molecular weight is 782 g/mol. The molecule has 0 N–H and O–H groups in total. The van der Waals surface area contributed by atoms with Crippen LogP contribution >= 0.6 is 27.5 Å². The SMILES string of the molecule is CCCCc1nc(Cl)c(C=O)n1Cc1ccc2nn(-c3ccccc3-c3nnn(C(c4ccccc4)(c4ccccc4)c4ccccc4)n3)c(Br)c2c1. The molecule has 0 saturated heterocycles. The first-order valence-electron chi connectivity index (χ1n) is 17.5. The molecule has 0 spiro atoms. The Morgan fingerprint density at radius 1 is 0.792 bits per heavy atom. The third-order valence-electron chi connectivity index (χ3n) is 9.59. The fourth-order valence-electron chi connectivity index (χ4n) is 7.03. The van der Waals surface area contributed by atoms with Crippen molar-refractivity contribution in [2.75, 3.05) is 0 Å². The molecule has 53 heavy (non-hydrogen) atoms. The lowest BCUT2D eigenvalue weighted by molar-refractivity contribution is 0.111. The molecule has 262 valence electrons. The summed E-state index contributed by atoms with van der Waals surface area (Å²) in [5.74, 6) is 1.26. The van der Waals surface area contributed by atoms with Gasteiger partial charge in [0.15, 0.2) is 17.0 Å². The molecule has 3 aromatic heterocycles. The summed E-state index contributed by atoms with van der Waals surface area (Å²) in [4.78, 5) is 18.2. The molecule has 3 heterocycles. The number of tetrazole rings is 1. The number of aromatic nitrogens is 8. The van der Waals surface area contributed by atoms with Gasteiger partial charge >= 0.3 is 0 Å². The van der Waals surface area contributed by atoms with Crippen LogP contribution in [0, 0.1) is 0 Å². The zero-order chi connectivity index (χ0) is 36.4. The van der Waals surface area contributed by atoms with Crippen LogP contribution in [-0.4, -0.2) is 45.8 Å². The molecule has 11 heteroatoms. The van der Waals surface area contributed by atoms with Gasteiger partial charge in [-0.25, -0.2) is 9.67 Å². The van der Waals surface area contributed by atoms with Crippen LogP contribution in [0.3, 0.4) is 0 Å². The molecule has 0 fully saturated rings. The normalized spacial score (nSPS) is 11.7. The lowest BCUT2D eigenvalue weighted by Gasteiger charge is -2.34. The number of benzene rings is 5. The predicted octanol–water partition coefficient (Wildman–Crippen LogP) is 9.33. The van der Waals surface area contributed by atoms with E-state index in [1.807, 2.05) is 100 Å². The molecule has 0 unspecified atom stereocenters. The predicted molar refractivity (Wildman–Crippen MR) is 211 cm³/mol. The minimum Gasteiger partial charge on any atom is -0.320 e. The standard InChI is InChI=1S/C42H34BrClN8O/c1-2-3-23-38-45-40(44)37(28-53)50(38)27-29-24-25-35-34(26-29)39(43)51(47-35)36-22-14-13-21-33(36)41-46-49-52(48-41)42(30-15-7-4-8-16-30,31-17-9-5-10-18-31)32-19-11-6-12-20-32/h4-22,24-26,28H,2-3,23,27H2,1H3. The summed E-state index contributed by atoms with van der Waals surface area (Å²) >= 11 is 10.2. The first-order valence-corrected chi connectivity index (χ1v) is 18.6. The lowest BCUT2D eigenvalue weighted by atomic mass is 9.77. The van der Waals surface area contributed by atoms with Crippen LogP contribution in [0.2, 0.25) is 5.15 Å². The van der Waals surface area contributed by atoms with Gasteiger partial charge in [-0.1, -0.05) is 134 Å². The quantitative estimate of drug-likeness (QED) is 0.0906. The highest BCUT2D eigenvalue weighted by molar-refractivity contribution is 9.10. The third-order valence-corrected chi connectivity index (χ3v) is 10.6. The Hall–Kier alpha value is -5.71. The van der Waals surface area contributed by atoms with E-state index in [9.17, 15) is 4.79 Å². The Bertz CT molecular complexity index is 2430. The molecule has 5 aromatic carbocycles. The highest BCUT2D eigenvalue weighted by atomic mass is 79.9. The number of carbonyl (C=O) groups is 1. The van der Waals surface area contributed by atoms with Crippen molar-refractivity contribution in [3.8, 4) is 17.1 Å². The smallest absolute Gasteiger partial charge is 0.207 e. The van der Waals surface area contributed by atoms with E-state index in [0.717, 1.165) is 80.4 Å². The van der Waals surface area contributed by atoms with E-state index in [0.29, 0.717) is 18.1 Å². The van der Waals surface area contributed by atoms with Crippen LogP contribution in [0.5, 0.6) is 0 Å². The number of aldehydes is 1. The number of hydrogen-bond donors (Lipinski definition) is 0. The first-order chi connectivity index (χ1) is 26.0. The highest BCUT2D eigenvalue weighted by Crippen LogP contribution is 2.40. The van der Waals surface area contributed by atoms with Gasteiger partial charge in [0.25, 0.3) is 0 Å². The largest absolute Gasteiger partial charge is 0.320 e. The van der Waals surface area contributed by atoms with Gasteiger partial charge in [0, 0.05) is 23.9 Å². The Balaban J connectivity index is 1.22. The molecular weight excluding hydrogens is 748 g/mol. The number of imidazole rings is 1. The van der Waals surface area contributed by atoms with Crippen molar-refractivity contribution < 1.29 is 4.79 Å². The molecular formula is C42H34BrClN8O. The second-order valence-electron chi connectivity index (χ2n) is 12.8. The minimum atomic E-state index is -0.902. The van der Waals surface area contributed by atoms with Crippen LogP contribution < -0.4 is 0 Å². The summed E-state index contributed by atoms with van der Waals surface area (Å²) in [6, 6.07) is 44.8. The van der Waals surface area contributed by atoms with Gasteiger partial charge in [0.1, 0.15) is 16.1 Å². The van der Waals surface area contributed by atoms with Crippen LogP contribution in [0.4, 0.5) is 0 Å². The maximum atomic E-state index is 12.0. The summed E-state index contributed by atoms with van der Waals surface area (Å²) in [6.07, 6.45) is 3.49. The maximum Gasteiger partial charge on any atom is 0.207 e. The molecule has 0 saturated carbocycles. The van der Waals surface area contributed by atoms with Gasteiger partial charge in [-0.15, -0.1) is 15.0 Å². The zero-order valence-electron chi connectivity index (χ0n) is 28.8. The molecule has 0 aliphatic rings. The molecule has 8 aromatic rings. The third kappa shape index (κ3) is 6.17. The number of aryl methyl sites for hydroxylation is 1. The average Bonchev–Trinajstić information content (AvgIpc) is 3.91. The number of fused-ring (bicyclic) bond motifs is 1. The topological polar surface area (TPSA) is 96.3 Å². The number of para-hydroxylation sites is 1. The summed E-state index contributed by atoms with van der Waals surface area (Å²) in [5, 5.41) is 20.8. The van der Waals surface area contributed by atoms with Gasteiger partial charge < -0.3 is 4.57 Å². The molecule has 9 nitrogen and oxygen atoms in total. The molecule has 0 amide bonds. The van der Waals surface area contributed by atoms with E-state index in [1.54, 1.807) is 4.80 Å². The van der Waals surface area contributed by atoms with Crippen molar-refractivity contribution in [1.29, 1.82) is 0 Å². The van der Waals surface area contributed by atoms with Crippen molar-refractivity contribution in [2.45, 2.75) is 38.3 Å². The number of rotatable bonds is 12. The second-order valence-corrected chi connectivity index (χ2v) is 13.9. The molecule has 8 rings (SSSR count). The number of unbranched alkanes of at least 4 members (excludes halogenated alkanes) is 1.